The van der Waals surface area contributed by atoms with Crippen LogP contribution in [0.3, 0.4) is 0 Å². The molecule has 0 unspecified atom stereocenters. The minimum atomic E-state index is 1.21. The van der Waals surface area contributed by atoms with Gasteiger partial charge in [0.05, 0.1) is 14.1 Å². The van der Waals surface area contributed by atoms with E-state index in [0.717, 1.165) is 0 Å². The van der Waals surface area contributed by atoms with Crippen LogP contribution < -0.4 is 15.8 Å². The number of hydrogen-bond acceptors (Lipinski definition) is 0. The average molecular weight is 288 g/mol. The standard InChI is InChI=1S/C19H21BN2/c1-21-11-12-22(2)19(21)20-18-16-9-5-3-7-14(16)13-15-8-4-6-10-17(15)18/h3,5,7,9,11-13H,4,6,8,10H2,1-2H3. The molecule has 0 saturated heterocycles. The van der Waals surface area contributed by atoms with E-state index in [9.17, 15) is 0 Å². The quantitative estimate of drug-likeness (QED) is 0.499. The molecular formula is C19H21BN2. The van der Waals surface area contributed by atoms with Gasteiger partial charge in [0, 0.05) is 5.72 Å². The summed E-state index contributed by atoms with van der Waals surface area (Å²) in [7, 11) is 6.60. The molecule has 1 aromatic heterocycles. The number of fused-ring (bicyclic) bond motifs is 2. The van der Waals surface area contributed by atoms with E-state index in [1.54, 1.807) is 11.1 Å². The van der Waals surface area contributed by atoms with Crippen molar-refractivity contribution in [3.63, 3.8) is 0 Å². The van der Waals surface area contributed by atoms with Gasteiger partial charge in [-0.1, -0.05) is 41.3 Å². The molecule has 1 heterocycles. The van der Waals surface area contributed by atoms with E-state index in [1.807, 2.05) is 0 Å². The molecule has 2 nitrogen and oxygen atoms in total. The molecule has 1 aliphatic rings. The minimum Gasteiger partial charge on any atom is -0.280 e. The van der Waals surface area contributed by atoms with Crippen molar-refractivity contribution in [3.8, 4) is 0 Å². The van der Waals surface area contributed by atoms with E-state index in [-0.39, 0.29) is 0 Å². The molecular weight excluding hydrogens is 267 g/mol. The Bertz CT molecular complexity index is 829. The lowest BCUT2D eigenvalue weighted by molar-refractivity contribution is -0.652. The minimum absolute atomic E-state index is 1.21. The Morgan fingerprint density at radius 1 is 1.14 bits per heavy atom. The van der Waals surface area contributed by atoms with Crippen LogP contribution >= 0.6 is 0 Å². The van der Waals surface area contributed by atoms with Crippen molar-refractivity contribution < 1.29 is 4.57 Å². The van der Waals surface area contributed by atoms with Gasteiger partial charge in [0.2, 0.25) is 0 Å². The van der Waals surface area contributed by atoms with Gasteiger partial charge < -0.3 is 0 Å². The molecule has 0 saturated carbocycles. The molecule has 0 atom stereocenters. The Kier molecular flexibility index (Phi) is 3.29. The highest BCUT2D eigenvalue weighted by Crippen LogP contribution is 2.24. The largest absolute Gasteiger partial charge is 0.280 e. The van der Waals surface area contributed by atoms with Gasteiger partial charge in [0.15, 0.2) is 0 Å². The van der Waals surface area contributed by atoms with Crippen LogP contribution in [0.5, 0.6) is 0 Å². The van der Waals surface area contributed by atoms with Gasteiger partial charge in [-0.05, 0) is 36.6 Å². The van der Waals surface area contributed by atoms with Crippen LogP contribution in [0, 0.1) is 0 Å². The average Bonchev–Trinajstić information content (AvgIpc) is 2.86. The first-order valence-corrected chi connectivity index (χ1v) is 8.13. The highest BCUT2D eigenvalue weighted by atomic mass is 15.1. The monoisotopic (exact) mass is 288 g/mol. The molecule has 0 N–H and O–H groups in total. The summed E-state index contributed by atoms with van der Waals surface area (Å²) in [5.74, 6) is 0. The molecule has 0 bridgehead atoms. The van der Waals surface area contributed by atoms with Crippen LogP contribution in [0.25, 0.3) is 10.8 Å². The first-order chi connectivity index (χ1) is 10.7. The second-order valence-electron chi connectivity index (χ2n) is 6.38. The normalized spacial score (nSPS) is 14.3. The van der Waals surface area contributed by atoms with Crippen LogP contribution in [0.4, 0.5) is 0 Å². The maximum absolute atomic E-state index is 2.41. The molecule has 2 aromatic carbocycles. The lowest BCUT2D eigenvalue weighted by Crippen LogP contribution is -2.53. The van der Waals surface area contributed by atoms with E-state index in [4.69, 9.17) is 0 Å². The van der Waals surface area contributed by atoms with Crippen molar-refractivity contribution in [3.05, 3.63) is 53.9 Å². The summed E-state index contributed by atoms with van der Waals surface area (Å²) < 4.78 is 4.38. The molecule has 0 aliphatic heterocycles. The van der Waals surface area contributed by atoms with Gasteiger partial charge in [-0.2, -0.15) is 0 Å². The maximum atomic E-state index is 2.41. The fourth-order valence-corrected chi connectivity index (χ4v) is 3.71. The molecule has 110 valence electrons. The molecule has 0 fully saturated rings. The number of aromatic nitrogens is 2. The zero-order valence-electron chi connectivity index (χ0n) is 13.3. The van der Waals surface area contributed by atoms with Crippen molar-refractivity contribution in [2.75, 3.05) is 0 Å². The Hall–Kier alpha value is -2.03. The summed E-state index contributed by atoms with van der Waals surface area (Å²) in [6, 6.07) is 11.2. The zero-order chi connectivity index (χ0) is 15.1. The predicted molar refractivity (Wildman–Crippen MR) is 92.2 cm³/mol. The zero-order valence-corrected chi connectivity index (χ0v) is 13.3. The number of aryl methyl sites for hydroxylation is 3. The topological polar surface area (TPSA) is 8.81 Å². The van der Waals surface area contributed by atoms with Crippen molar-refractivity contribution >= 4 is 29.2 Å². The Balaban J connectivity index is 1.94. The van der Waals surface area contributed by atoms with E-state index in [1.165, 1.54) is 47.6 Å². The molecule has 3 aromatic rings. The first-order valence-electron chi connectivity index (χ1n) is 8.13. The van der Waals surface area contributed by atoms with Gasteiger partial charge in [-0.3, -0.25) is 14.6 Å². The smallest absolute Gasteiger partial charge is 0.125 e. The van der Waals surface area contributed by atoms with E-state index in [0.29, 0.717) is 0 Å². The van der Waals surface area contributed by atoms with Gasteiger partial charge in [0.25, 0.3) is 0 Å². The van der Waals surface area contributed by atoms with Gasteiger partial charge in [-0.25, -0.2) is 0 Å². The number of benzene rings is 2. The second kappa shape index (κ2) is 5.31. The van der Waals surface area contributed by atoms with Gasteiger partial charge >= 0.3 is 0 Å². The fraction of sp³-hybridized carbons (Fsp3) is 0.316. The summed E-state index contributed by atoms with van der Waals surface area (Å²) in [6.07, 6.45) is 9.29. The van der Waals surface area contributed by atoms with Crippen LogP contribution in [0.1, 0.15) is 24.0 Å². The third kappa shape index (κ3) is 2.16. The summed E-state index contributed by atoms with van der Waals surface area (Å²) in [5.41, 5.74) is 5.77. The predicted octanol–water partition coefficient (Wildman–Crippen LogP) is 1.54. The third-order valence-corrected chi connectivity index (χ3v) is 4.93. The highest BCUT2D eigenvalue weighted by Gasteiger charge is 2.13. The van der Waals surface area contributed by atoms with Gasteiger partial charge in [0.1, 0.15) is 12.4 Å². The molecule has 3 heteroatoms. The van der Waals surface area contributed by atoms with Gasteiger partial charge in [-0.15, -0.1) is 7.28 Å². The lowest BCUT2D eigenvalue weighted by atomic mass is 9.63. The Labute approximate surface area is 132 Å². The molecule has 1 aliphatic carbocycles. The summed E-state index contributed by atoms with van der Waals surface area (Å²) in [4.78, 5) is 0. The van der Waals surface area contributed by atoms with E-state index < -0.39 is 0 Å². The molecule has 0 spiro atoms. The Morgan fingerprint density at radius 2 is 1.95 bits per heavy atom. The molecule has 22 heavy (non-hydrogen) atoms. The number of rotatable bonds is 2. The summed E-state index contributed by atoms with van der Waals surface area (Å²) >= 11 is 0. The number of hydrogen-bond donors (Lipinski definition) is 0. The number of nitrogens with zero attached hydrogens (tertiary/aromatic N) is 2. The molecule has 4 rings (SSSR count). The van der Waals surface area contributed by atoms with E-state index in [2.05, 4.69) is 73.2 Å². The van der Waals surface area contributed by atoms with Crippen molar-refractivity contribution in [1.82, 2.24) is 4.57 Å². The second-order valence-corrected chi connectivity index (χ2v) is 6.38. The highest BCUT2D eigenvalue weighted by molar-refractivity contribution is 6.68. The molecule has 0 amide bonds. The number of imidazole rings is 1. The van der Waals surface area contributed by atoms with E-state index >= 15 is 0 Å². The van der Waals surface area contributed by atoms with Crippen molar-refractivity contribution in [2.24, 2.45) is 14.1 Å². The van der Waals surface area contributed by atoms with Crippen molar-refractivity contribution in [2.45, 2.75) is 25.7 Å². The van der Waals surface area contributed by atoms with Crippen LogP contribution in [0.2, 0.25) is 0 Å². The summed E-state index contributed by atoms with van der Waals surface area (Å²) in [5, 5.41) is 2.75. The summed E-state index contributed by atoms with van der Waals surface area (Å²) in [6.45, 7) is 0. The first kappa shape index (κ1) is 13.6. The Morgan fingerprint density at radius 3 is 2.77 bits per heavy atom. The fourth-order valence-electron chi connectivity index (χ4n) is 3.71. The van der Waals surface area contributed by atoms with Crippen LogP contribution in [-0.4, -0.2) is 11.8 Å². The van der Waals surface area contributed by atoms with Crippen LogP contribution in [-0.2, 0) is 26.9 Å². The molecule has 2 radical (unpaired) electrons. The lowest BCUT2D eigenvalue weighted by Gasteiger charge is -2.28. The maximum Gasteiger partial charge on any atom is 0.125 e. The van der Waals surface area contributed by atoms with Crippen LogP contribution in [0.15, 0.2) is 42.7 Å². The SMILES string of the molecule is Cn1cc[n+](C)c1[B-]c1c2c(cc3ccccc13)CCCC2. The van der Waals surface area contributed by atoms with Crippen molar-refractivity contribution in [1.29, 1.82) is 0 Å². The third-order valence-electron chi connectivity index (χ3n) is 4.93.